The van der Waals surface area contributed by atoms with Gasteiger partial charge in [0.25, 0.3) is 5.91 Å². The summed E-state index contributed by atoms with van der Waals surface area (Å²) in [5, 5.41) is 11.7. The van der Waals surface area contributed by atoms with Crippen LogP contribution in [0.15, 0.2) is 12.4 Å². The van der Waals surface area contributed by atoms with Crippen LogP contribution in [0.3, 0.4) is 0 Å². The summed E-state index contributed by atoms with van der Waals surface area (Å²) in [5.74, 6) is -0.116. The van der Waals surface area contributed by atoms with E-state index in [0.717, 1.165) is 19.5 Å². The van der Waals surface area contributed by atoms with Crippen molar-refractivity contribution in [1.29, 1.82) is 0 Å². The number of fused-ring (bicyclic) bond motifs is 2. The molecule has 3 aliphatic rings. The summed E-state index contributed by atoms with van der Waals surface area (Å²) >= 11 is 0. The van der Waals surface area contributed by atoms with Crippen LogP contribution in [0.2, 0.25) is 0 Å². The van der Waals surface area contributed by atoms with Gasteiger partial charge in [-0.2, -0.15) is 13.5 Å². The fourth-order valence-corrected chi connectivity index (χ4v) is 4.54. The molecule has 0 aliphatic carbocycles. The molecule has 3 amide bonds. The molecule has 3 N–H and O–H groups in total. The Morgan fingerprint density at radius 2 is 2.23 bits per heavy atom. The lowest BCUT2D eigenvalue weighted by molar-refractivity contribution is -0.139. The molecule has 3 aliphatic heterocycles. The zero-order valence-corrected chi connectivity index (χ0v) is 16.8. The molecule has 0 saturated carbocycles. The Morgan fingerprint density at radius 3 is 2.97 bits per heavy atom. The number of carbonyl (C=O) groups is 2. The quantitative estimate of drug-likeness (QED) is 0.310. The SMILES string of the molecule is O=C(NOC[C@@H]1C[C@H](Cn2ccnn2)CN1)[C@@H]1CC[C@@H]2CN1C(=O)N2OS(=O)(=O)O. The minimum atomic E-state index is -4.82. The number of carbonyl (C=O) groups excluding carboxylic acids is 2. The second kappa shape index (κ2) is 8.43. The molecule has 4 rings (SSSR count). The largest absolute Gasteiger partial charge is 0.418 e. The van der Waals surface area contributed by atoms with Crippen molar-refractivity contribution in [1.82, 2.24) is 35.8 Å². The molecule has 3 fully saturated rings. The monoisotopic (exact) mass is 445 g/mol. The highest BCUT2D eigenvalue weighted by molar-refractivity contribution is 7.80. The zero-order chi connectivity index (χ0) is 21.3. The maximum Gasteiger partial charge on any atom is 0.418 e. The van der Waals surface area contributed by atoms with Crippen molar-refractivity contribution >= 4 is 22.3 Å². The molecule has 3 saturated heterocycles. The molecular weight excluding hydrogens is 422 g/mol. The predicted octanol–water partition coefficient (Wildman–Crippen LogP) is -1.69. The molecule has 1 aromatic heterocycles. The summed E-state index contributed by atoms with van der Waals surface area (Å²) in [7, 11) is -4.82. The van der Waals surface area contributed by atoms with Gasteiger partial charge in [-0.3, -0.25) is 18.9 Å². The van der Waals surface area contributed by atoms with E-state index in [-0.39, 0.29) is 19.2 Å². The Bertz CT molecular complexity index is 880. The maximum atomic E-state index is 12.5. The number of aromatic nitrogens is 3. The van der Waals surface area contributed by atoms with Crippen LogP contribution >= 0.6 is 0 Å². The van der Waals surface area contributed by atoms with E-state index >= 15 is 0 Å². The van der Waals surface area contributed by atoms with Crippen LogP contribution in [0.4, 0.5) is 4.79 Å². The molecule has 166 valence electrons. The molecule has 30 heavy (non-hydrogen) atoms. The molecular formula is C15H23N7O7S. The number of urea groups is 1. The summed E-state index contributed by atoms with van der Waals surface area (Å²) in [4.78, 5) is 31.4. The standard InChI is InChI=1S/C15H23N7O7S/c23-14(13-2-1-12-8-21(13)15(24)22(12)29-30(25,26)27)18-28-9-11-5-10(6-16-11)7-20-4-3-17-19-20/h3-4,10-13,16H,1-2,5-9H2,(H,18,23)(H,25,26,27)/t10-,11-,12+,13-/m0/s1. The van der Waals surface area contributed by atoms with Crippen LogP contribution < -0.4 is 10.8 Å². The Labute approximate surface area is 172 Å². The van der Waals surface area contributed by atoms with Gasteiger partial charge in [0.15, 0.2) is 0 Å². The van der Waals surface area contributed by atoms with E-state index in [1.807, 2.05) is 0 Å². The van der Waals surface area contributed by atoms with Crippen molar-refractivity contribution in [3.05, 3.63) is 12.4 Å². The van der Waals surface area contributed by atoms with Crippen LogP contribution in [0.25, 0.3) is 0 Å². The summed E-state index contributed by atoms with van der Waals surface area (Å²) in [6.07, 6.45) is 4.96. The average Bonchev–Trinajstić information content (AvgIpc) is 3.40. The number of hydroxylamine groups is 3. The summed E-state index contributed by atoms with van der Waals surface area (Å²) in [5.41, 5.74) is 2.38. The molecule has 14 nitrogen and oxygen atoms in total. The Balaban J connectivity index is 1.22. The number of nitrogens with one attached hydrogen (secondary N) is 2. The lowest BCUT2D eigenvalue weighted by Gasteiger charge is -2.29. The Kier molecular flexibility index (Phi) is 5.88. The van der Waals surface area contributed by atoms with Crippen molar-refractivity contribution < 1.29 is 31.7 Å². The van der Waals surface area contributed by atoms with Crippen LogP contribution in [0, 0.1) is 5.92 Å². The minimum Gasteiger partial charge on any atom is -0.311 e. The maximum absolute atomic E-state index is 12.5. The molecule has 2 bridgehead atoms. The van der Waals surface area contributed by atoms with Crippen LogP contribution in [0.1, 0.15) is 19.3 Å². The summed E-state index contributed by atoms with van der Waals surface area (Å²) < 4.78 is 36.8. The fraction of sp³-hybridized carbons (Fsp3) is 0.733. The highest BCUT2D eigenvalue weighted by atomic mass is 32.3. The first kappa shape index (κ1) is 20.9. The molecule has 0 aromatic carbocycles. The highest BCUT2D eigenvalue weighted by Crippen LogP contribution is 2.30. The van der Waals surface area contributed by atoms with Gasteiger partial charge in [-0.1, -0.05) is 5.21 Å². The van der Waals surface area contributed by atoms with E-state index in [2.05, 4.69) is 25.4 Å². The van der Waals surface area contributed by atoms with Gasteiger partial charge in [-0.05, 0) is 25.2 Å². The number of hydrogen-bond acceptors (Lipinski definition) is 9. The van der Waals surface area contributed by atoms with Gasteiger partial charge in [-0.15, -0.1) is 9.38 Å². The molecule has 1 aromatic rings. The molecule has 0 radical (unpaired) electrons. The van der Waals surface area contributed by atoms with Crippen LogP contribution in [-0.2, 0) is 30.9 Å². The lowest BCUT2D eigenvalue weighted by Crippen LogP contribution is -2.50. The first-order valence-corrected chi connectivity index (χ1v) is 10.9. The van der Waals surface area contributed by atoms with Crippen LogP contribution in [-0.4, -0.2) is 87.7 Å². The van der Waals surface area contributed by atoms with E-state index in [1.165, 1.54) is 4.90 Å². The van der Waals surface area contributed by atoms with Gasteiger partial charge < -0.3 is 10.2 Å². The van der Waals surface area contributed by atoms with Gasteiger partial charge >= 0.3 is 16.4 Å². The number of rotatable bonds is 8. The zero-order valence-electron chi connectivity index (χ0n) is 16.0. The summed E-state index contributed by atoms with van der Waals surface area (Å²) in [6, 6.07) is -2.07. The van der Waals surface area contributed by atoms with Gasteiger partial charge in [0.05, 0.1) is 18.8 Å². The van der Waals surface area contributed by atoms with Crippen molar-refractivity contribution in [3.8, 4) is 0 Å². The smallest absolute Gasteiger partial charge is 0.311 e. The van der Waals surface area contributed by atoms with Gasteiger partial charge in [0.1, 0.15) is 6.04 Å². The third kappa shape index (κ3) is 4.70. The molecule has 4 heterocycles. The predicted molar refractivity (Wildman–Crippen MR) is 97.4 cm³/mol. The Morgan fingerprint density at radius 1 is 1.40 bits per heavy atom. The third-order valence-electron chi connectivity index (χ3n) is 5.49. The van der Waals surface area contributed by atoms with E-state index < -0.39 is 34.4 Å². The second-order valence-corrected chi connectivity index (χ2v) is 8.62. The summed E-state index contributed by atoms with van der Waals surface area (Å²) in [6.45, 7) is 1.94. The van der Waals surface area contributed by atoms with E-state index in [1.54, 1.807) is 17.1 Å². The van der Waals surface area contributed by atoms with E-state index in [9.17, 15) is 18.0 Å². The van der Waals surface area contributed by atoms with Gasteiger partial charge in [0.2, 0.25) is 0 Å². The highest BCUT2D eigenvalue weighted by Gasteiger charge is 2.49. The third-order valence-corrected chi connectivity index (χ3v) is 5.84. The van der Waals surface area contributed by atoms with Crippen molar-refractivity contribution in [3.63, 3.8) is 0 Å². The first-order valence-electron chi connectivity index (χ1n) is 9.56. The van der Waals surface area contributed by atoms with Crippen LogP contribution in [0.5, 0.6) is 0 Å². The van der Waals surface area contributed by atoms with E-state index in [0.29, 0.717) is 23.8 Å². The number of hydrogen-bond donors (Lipinski definition) is 3. The van der Waals surface area contributed by atoms with Gasteiger partial charge in [-0.25, -0.2) is 10.3 Å². The van der Waals surface area contributed by atoms with Crippen molar-refractivity contribution in [2.24, 2.45) is 5.92 Å². The minimum absolute atomic E-state index is 0.0710. The molecule has 15 heteroatoms. The number of nitrogens with zero attached hydrogens (tertiary/aromatic N) is 5. The van der Waals surface area contributed by atoms with Gasteiger partial charge in [0, 0.05) is 31.9 Å². The topological polar surface area (TPSA) is 168 Å². The lowest BCUT2D eigenvalue weighted by atomic mass is 10.0. The first-order chi connectivity index (χ1) is 14.3. The second-order valence-electron chi connectivity index (χ2n) is 7.62. The van der Waals surface area contributed by atoms with E-state index in [4.69, 9.17) is 9.39 Å². The van der Waals surface area contributed by atoms with Crippen molar-refractivity contribution in [2.75, 3.05) is 19.7 Å². The molecule has 0 spiro atoms. The molecule has 0 unspecified atom stereocenters. The Hall–Kier alpha value is -2.33. The number of piperidine rings is 1. The van der Waals surface area contributed by atoms with Crippen molar-refractivity contribution in [2.45, 2.75) is 43.9 Å². The number of amides is 3. The average molecular weight is 445 g/mol. The molecule has 4 atom stereocenters. The normalized spacial score (nSPS) is 28.9. The fourth-order valence-electron chi connectivity index (χ4n) is 4.15.